The van der Waals surface area contributed by atoms with Gasteiger partial charge in [0.25, 0.3) is 5.91 Å². The van der Waals surface area contributed by atoms with Crippen LogP contribution in [-0.2, 0) is 0 Å². The van der Waals surface area contributed by atoms with Crippen LogP contribution in [0.4, 0.5) is 10.1 Å². The minimum atomic E-state index is -0.552. The molecule has 0 aliphatic heterocycles. The van der Waals surface area contributed by atoms with E-state index in [9.17, 15) is 9.18 Å². The lowest BCUT2D eigenvalue weighted by Crippen LogP contribution is -2.43. The summed E-state index contributed by atoms with van der Waals surface area (Å²) in [4.78, 5) is 11.9. The Labute approximate surface area is 101 Å². The van der Waals surface area contributed by atoms with E-state index in [2.05, 4.69) is 5.32 Å². The van der Waals surface area contributed by atoms with Crippen LogP contribution >= 0.6 is 0 Å². The Kier molecular flexibility index (Phi) is 4.10. The molecule has 0 atom stereocenters. The van der Waals surface area contributed by atoms with Crippen LogP contribution in [0, 0.1) is 5.82 Å². The number of carbonyl (C=O) groups is 1. The topological polar surface area (TPSA) is 55.1 Å². The number of hydrogen-bond donors (Lipinski definition) is 2. The number of amides is 1. The van der Waals surface area contributed by atoms with Gasteiger partial charge < -0.3 is 11.1 Å². The van der Waals surface area contributed by atoms with E-state index in [-0.39, 0.29) is 11.1 Å². The summed E-state index contributed by atoms with van der Waals surface area (Å²) in [6, 6.07) is 3.99. The molecule has 3 N–H and O–H groups in total. The third kappa shape index (κ3) is 3.73. The fourth-order valence-corrected chi connectivity index (χ4v) is 1.78. The van der Waals surface area contributed by atoms with Gasteiger partial charge in [-0.3, -0.25) is 4.79 Å². The number of halogens is 1. The van der Waals surface area contributed by atoms with E-state index in [0.717, 1.165) is 12.8 Å². The lowest BCUT2D eigenvalue weighted by molar-refractivity contribution is 0.0905. The lowest BCUT2D eigenvalue weighted by atomic mass is 9.98. The lowest BCUT2D eigenvalue weighted by Gasteiger charge is -2.25. The summed E-state index contributed by atoms with van der Waals surface area (Å²) in [6.07, 6.45) is 1.79. The predicted molar refractivity (Wildman–Crippen MR) is 67.3 cm³/mol. The molecule has 1 amide bonds. The molecular formula is C13H19FN2O. The van der Waals surface area contributed by atoms with Crippen molar-refractivity contribution in [2.75, 3.05) is 5.73 Å². The highest BCUT2D eigenvalue weighted by Gasteiger charge is 2.21. The second-order valence-corrected chi connectivity index (χ2v) is 4.83. The molecule has 0 bridgehead atoms. The third-order valence-corrected chi connectivity index (χ3v) is 2.56. The van der Waals surface area contributed by atoms with Gasteiger partial charge in [-0.15, -0.1) is 0 Å². The molecule has 0 unspecified atom stereocenters. The zero-order valence-electron chi connectivity index (χ0n) is 10.5. The molecule has 0 aliphatic carbocycles. The van der Waals surface area contributed by atoms with E-state index in [4.69, 9.17) is 5.73 Å². The van der Waals surface area contributed by atoms with Crippen LogP contribution in [0.5, 0.6) is 0 Å². The molecule has 0 aliphatic rings. The van der Waals surface area contributed by atoms with Gasteiger partial charge in [0, 0.05) is 11.2 Å². The molecule has 0 spiro atoms. The number of nitrogens with one attached hydrogen (secondary N) is 1. The standard InChI is InChI=1S/C13H19FN2O/c1-4-7-13(2,3)16-12(17)10-8-9(15)5-6-11(10)14/h5-6,8H,4,7,15H2,1-3H3,(H,16,17). The minimum Gasteiger partial charge on any atom is -0.399 e. The van der Waals surface area contributed by atoms with E-state index < -0.39 is 11.7 Å². The van der Waals surface area contributed by atoms with Gasteiger partial charge in [-0.1, -0.05) is 13.3 Å². The van der Waals surface area contributed by atoms with Crippen LogP contribution in [0.3, 0.4) is 0 Å². The third-order valence-electron chi connectivity index (χ3n) is 2.56. The molecule has 3 nitrogen and oxygen atoms in total. The summed E-state index contributed by atoms with van der Waals surface area (Å²) in [5, 5.41) is 2.81. The van der Waals surface area contributed by atoms with Crippen LogP contribution in [-0.4, -0.2) is 11.4 Å². The van der Waals surface area contributed by atoms with Gasteiger partial charge in [0.05, 0.1) is 5.56 Å². The summed E-state index contributed by atoms with van der Waals surface area (Å²) in [5.74, 6) is -0.975. The zero-order valence-corrected chi connectivity index (χ0v) is 10.5. The molecule has 0 radical (unpaired) electrons. The van der Waals surface area contributed by atoms with Crippen LogP contribution < -0.4 is 11.1 Å². The average Bonchev–Trinajstić information content (AvgIpc) is 2.20. The summed E-state index contributed by atoms with van der Waals surface area (Å²) in [6.45, 7) is 5.87. The van der Waals surface area contributed by atoms with Crippen molar-refractivity contribution >= 4 is 11.6 Å². The van der Waals surface area contributed by atoms with Crippen molar-refractivity contribution in [2.45, 2.75) is 39.2 Å². The molecular weight excluding hydrogens is 219 g/mol. The second-order valence-electron chi connectivity index (χ2n) is 4.83. The first-order chi connectivity index (χ1) is 7.85. The summed E-state index contributed by atoms with van der Waals surface area (Å²) >= 11 is 0. The predicted octanol–water partition coefficient (Wildman–Crippen LogP) is 2.72. The van der Waals surface area contributed by atoms with Gasteiger partial charge in [-0.25, -0.2) is 4.39 Å². The first-order valence-electron chi connectivity index (χ1n) is 5.73. The number of benzene rings is 1. The van der Waals surface area contributed by atoms with Gasteiger partial charge in [0.2, 0.25) is 0 Å². The van der Waals surface area contributed by atoms with Gasteiger partial charge in [-0.2, -0.15) is 0 Å². The molecule has 0 aromatic heterocycles. The highest BCUT2D eigenvalue weighted by atomic mass is 19.1. The second kappa shape index (κ2) is 5.17. The SMILES string of the molecule is CCCC(C)(C)NC(=O)c1cc(N)ccc1F. The van der Waals surface area contributed by atoms with E-state index >= 15 is 0 Å². The van der Waals surface area contributed by atoms with E-state index in [1.165, 1.54) is 18.2 Å². The van der Waals surface area contributed by atoms with Crippen molar-refractivity contribution in [2.24, 2.45) is 0 Å². The van der Waals surface area contributed by atoms with Crippen molar-refractivity contribution in [3.05, 3.63) is 29.6 Å². The fraction of sp³-hybridized carbons (Fsp3) is 0.462. The zero-order chi connectivity index (χ0) is 13.1. The molecule has 17 heavy (non-hydrogen) atoms. The maximum absolute atomic E-state index is 13.5. The van der Waals surface area contributed by atoms with Crippen molar-refractivity contribution < 1.29 is 9.18 Å². The maximum atomic E-state index is 13.5. The summed E-state index contributed by atoms with van der Waals surface area (Å²) in [7, 11) is 0. The molecule has 0 saturated carbocycles. The molecule has 4 heteroatoms. The van der Waals surface area contributed by atoms with Crippen molar-refractivity contribution in [3.63, 3.8) is 0 Å². The quantitative estimate of drug-likeness (QED) is 0.792. The van der Waals surface area contributed by atoms with Crippen LogP contribution in [0.25, 0.3) is 0 Å². The minimum absolute atomic E-state index is 0.00539. The Bertz CT molecular complexity index is 416. The first kappa shape index (κ1) is 13.5. The van der Waals surface area contributed by atoms with Crippen molar-refractivity contribution in [1.29, 1.82) is 0 Å². The molecule has 1 rings (SSSR count). The van der Waals surface area contributed by atoms with Gasteiger partial charge >= 0.3 is 0 Å². The monoisotopic (exact) mass is 238 g/mol. The number of nitrogens with two attached hydrogens (primary N) is 1. The first-order valence-corrected chi connectivity index (χ1v) is 5.73. The molecule has 1 aromatic rings. The Morgan fingerprint density at radius 3 is 2.71 bits per heavy atom. The van der Waals surface area contributed by atoms with Crippen molar-refractivity contribution in [1.82, 2.24) is 5.32 Å². The Morgan fingerprint density at radius 1 is 1.47 bits per heavy atom. The van der Waals surface area contributed by atoms with Gasteiger partial charge in [-0.05, 0) is 38.5 Å². The average molecular weight is 238 g/mol. The van der Waals surface area contributed by atoms with E-state index in [0.29, 0.717) is 5.69 Å². The highest BCUT2D eigenvalue weighted by molar-refractivity contribution is 5.95. The Balaban J connectivity index is 2.86. The van der Waals surface area contributed by atoms with Gasteiger partial charge in [0.1, 0.15) is 5.82 Å². The van der Waals surface area contributed by atoms with Crippen molar-refractivity contribution in [3.8, 4) is 0 Å². The molecule has 0 saturated heterocycles. The molecule has 0 fully saturated rings. The molecule has 0 heterocycles. The van der Waals surface area contributed by atoms with Crippen LogP contribution in [0.2, 0.25) is 0 Å². The van der Waals surface area contributed by atoms with Gasteiger partial charge in [0.15, 0.2) is 0 Å². The normalized spacial score (nSPS) is 11.3. The Morgan fingerprint density at radius 2 is 2.12 bits per heavy atom. The highest BCUT2D eigenvalue weighted by Crippen LogP contribution is 2.15. The maximum Gasteiger partial charge on any atom is 0.254 e. The number of carbonyl (C=O) groups excluding carboxylic acids is 1. The largest absolute Gasteiger partial charge is 0.399 e. The number of rotatable bonds is 4. The molecule has 1 aromatic carbocycles. The number of hydrogen-bond acceptors (Lipinski definition) is 2. The van der Waals surface area contributed by atoms with Crippen LogP contribution in [0.1, 0.15) is 44.0 Å². The number of nitrogen functional groups attached to an aromatic ring is 1. The van der Waals surface area contributed by atoms with E-state index in [1.54, 1.807) is 0 Å². The Hall–Kier alpha value is -1.58. The summed E-state index contributed by atoms with van der Waals surface area (Å²) in [5.41, 5.74) is 5.57. The van der Waals surface area contributed by atoms with Crippen LogP contribution in [0.15, 0.2) is 18.2 Å². The smallest absolute Gasteiger partial charge is 0.254 e. The fourth-order valence-electron chi connectivity index (χ4n) is 1.78. The molecule has 94 valence electrons. The summed E-state index contributed by atoms with van der Waals surface area (Å²) < 4.78 is 13.5. The number of anilines is 1. The van der Waals surface area contributed by atoms with E-state index in [1.807, 2.05) is 20.8 Å².